The first-order valence-electron chi connectivity index (χ1n) is 7.76. The molecular formula is C18H17F2NO4S. The molecule has 0 aliphatic carbocycles. The van der Waals surface area contributed by atoms with Gasteiger partial charge >= 0.3 is 5.97 Å². The first-order chi connectivity index (χ1) is 12.2. The lowest BCUT2D eigenvalue weighted by molar-refractivity contribution is -0.147. The second-order valence-electron chi connectivity index (χ2n) is 5.62. The van der Waals surface area contributed by atoms with E-state index < -0.39 is 30.1 Å². The summed E-state index contributed by atoms with van der Waals surface area (Å²) in [6.45, 7) is 3.12. The molecule has 138 valence electrons. The maximum Gasteiger partial charge on any atom is 0.306 e. The van der Waals surface area contributed by atoms with Gasteiger partial charge in [-0.3, -0.25) is 14.4 Å². The summed E-state index contributed by atoms with van der Waals surface area (Å²) in [6, 6.07) is 4.32. The summed E-state index contributed by atoms with van der Waals surface area (Å²) >= 11 is 1.51. The molecule has 26 heavy (non-hydrogen) atoms. The van der Waals surface area contributed by atoms with Crippen molar-refractivity contribution >= 4 is 34.7 Å². The number of ether oxygens (including phenoxy) is 1. The Morgan fingerprint density at radius 1 is 1.04 bits per heavy atom. The fourth-order valence-corrected chi connectivity index (χ4v) is 3.24. The number of Topliss-reactive ketones (excluding diaryl/α,β-unsaturated/α-hetero) is 1. The SMILES string of the molecule is Cc1cc(C(=O)CCC(=O)OCC(=O)Nc2cc(F)cc(F)c2)c(C)s1. The second-order valence-corrected chi connectivity index (χ2v) is 7.08. The van der Waals surface area contributed by atoms with E-state index in [2.05, 4.69) is 5.32 Å². The minimum atomic E-state index is -0.838. The number of carbonyl (C=O) groups is 3. The topological polar surface area (TPSA) is 72.5 Å². The van der Waals surface area contributed by atoms with Gasteiger partial charge in [-0.1, -0.05) is 0 Å². The number of amides is 1. The van der Waals surface area contributed by atoms with E-state index in [9.17, 15) is 23.2 Å². The summed E-state index contributed by atoms with van der Waals surface area (Å²) in [6.07, 6.45) is -0.179. The number of aryl methyl sites for hydroxylation is 2. The molecule has 1 aromatic carbocycles. The summed E-state index contributed by atoms with van der Waals surface area (Å²) in [5.74, 6) is -3.28. The molecule has 0 spiro atoms. The van der Waals surface area contributed by atoms with Gasteiger partial charge in [0, 0.05) is 33.5 Å². The molecule has 8 heteroatoms. The number of rotatable bonds is 7. The van der Waals surface area contributed by atoms with Crippen LogP contribution in [0.1, 0.15) is 33.0 Å². The van der Waals surface area contributed by atoms with Crippen LogP contribution in [-0.2, 0) is 14.3 Å². The Labute approximate surface area is 153 Å². The van der Waals surface area contributed by atoms with E-state index >= 15 is 0 Å². The predicted molar refractivity (Wildman–Crippen MR) is 93.3 cm³/mol. The van der Waals surface area contributed by atoms with Crippen molar-refractivity contribution in [2.45, 2.75) is 26.7 Å². The van der Waals surface area contributed by atoms with E-state index in [0.29, 0.717) is 11.6 Å². The number of esters is 1. The molecule has 1 heterocycles. The lowest BCUT2D eigenvalue weighted by atomic mass is 10.1. The summed E-state index contributed by atoms with van der Waals surface area (Å²) in [5, 5.41) is 2.22. The molecular weight excluding hydrogens is 364 g/mol. The summed E-state index contributed by atoms with van der Waals surface area (Å²) in [7, 11) is 0. The largest absolute Gasteiger partial charge is 0.456 e. The maximum absolute atomic E-state index is 13.0. The lowest BCUT2D eigenvalue weighted by Gasteiger charge is -2.07. The monoisotopic (exact) mass is 381 g/mol. The normalized spacial score (nSPS) is 10.5. The van der Waals surface area contributed by atoms with Gasteiger partial charge in [0.2, 0.25) is 0 Å². The van der Waals surface area contributed by atoms with Crippen molar-refractivity contribution < 1.29 is 27.9 Å². The fourth-order valence-electron chi connectivity index (χ4n) is 2.30. The quantitative estimate of drug-likeness (QED) is 0.585. The molecule has 1 amide bonds. The first kappa shape index (κ1) is 19.7. The van der Waals surface area contributed by atoms with Crippen LogP contribution >= 0.6 is 11.3 Å². The number of ketones is 1. The van der Waals surface area contributed by atoms with Crippen LogP contribution in [0.3, 0.4) is 0 Å². The van der Waals surface area contributed by atoms with E-state index in [0.717, 1.165) is 21.9 Å². The van der Waals surface area contributed by atoms with E-state index in [-0.39, 0.29) is 24.3 Å². The molecule has 0 saturated heterocycles. The molecule has 0 aliphatic rings. The average molecular weight is 381 g/mol. The third-order valence-electron chi connectivity index (χ3n) is 3.41. The van der Waals surface area contributed by atoms with Crippen LogP contribution < -0.4 is 5.32 Å². The number of hydrogen-bond donors (Lipinski definition) is 1. The molecule has 1 N–H and O–H groups in total. The number of benzene rings is 1. The van der Waals surface area contributed by atoms with Crippen molar-refractivity contribution in [3.8, 4) is 0 Å². The molecule has 2 rings (SSSR count). The lowest BCUT2D eigenvalue weighted by Crippen LogP contribution is -2.21. The number of carbonyl (C=O) groups excluding carboxylic acids is 3. The molecule has 0 bridgehead atoms. The Kier molecular flexibility index (Phi) is 6.57. The highest BCUT2D eigenvalue weighted by atomic mass is 32.1. The van der Waals surface area contributed by atoms with Gasteiger partial charge in [0.15, 0.2) is 12.4 Å². The molecule has 0 saturated carbocycles. The number of thiophene rings is 1. The van der Waals surface area contributed by atoms with Crippen LogP contribution in [-0.4, -0.2) is 24.3 Å². The van der Waals surface area contributed by atoms with E-state index in [1.807, 2.05) is 13.8 Å². The smallest absolute Gasteiger partial charge is 0.306 e. The molecule has 0 radical (unpaired) electrons. The highest BCUT2D eigenvalue weighted by Crippen LogP contribution is 2.22. The maximum atomic E-state index is 13.0. The van der Waals surface area contributed by atoms with Crippen molar-refractivity contribution in [2.75, 3.05) is 11.9 Å². The highest BCUT2D eigenvalue weighted by Gasteiger charge is 2.15. The third-order valence-corrected chi connectivity index (χ3v) is 4.37. The van der Waals surface area contributed by atoms with Gasteiger partial charge in [-0.15, -0.1) is 11.3 Å². The molecule has 0 atom stereocenters. The van der Waals surface area contributed by atoms with Gasteiger partial charge in [0.05, 0.1) is 6.42 Å². The van der Waals surface area contributed by atoms with Crippen LogP contribution in [0.2, 0.25) is 0 Å². The van der Waals surface area contributed by atoms with Crippen molar-refractivity contribution in [2.24, 2.45) is 0 Å². The summed E-state index contributed by atoms with van der Waals surface area (Å²) in [4.78, 5) is 37.3. The molecule has 0 aliphatic heterocycles. The third kappa shape index (κ3) is 5.73. The minimum absolute atomic E-state index is 0.0213. The molecule has 5 nitrogen and oxygen atoms in total. The zero-order chi connectivity index (χ0) is 19.3. The van der Waals surface area contributed by atoms with Gasteiger partial charge in [0.1, 0.15) is 11.6 Å². The van der Waals surface area contributed by atoms with Crippen molar-refractivity contribution in [1.29, 1.82) is 0 Å². The number of halogens is 2. The van der Waals surface area contributed by atoms with E-state index in [4.69, 9.17) is 4.74 Å². The average Bonchev–Trinajstić information content (AvgIpc) is 2.88. The molecule has 0 fully saturated rings. The van der Waals surface area contributed by atoms with Crippen LogP contribution in [0.5, 0.6) is 0 Å². The Bertz CT molecular complexity index is 827. The van der Waals surface area contributed by atoms with Gasteiger partial charge < -0.3 is 10.1 Å². The standard InChI is InChI=1S/C18H17F2NO4S/c1-10-5-15(11(2)26-10)16(22)3-4-18(24)25-9-17(23)21-14-7-12(19)6-13(20)8-14/h5-8H,3-4,9H2,1-2H3,(H,21,23). The van der Waals surface area contributed by atoms with Crippen molar-refractivity contribution in [3.05, 3.63) is 51.2 Å². The molecule has 1 aromatic heterocycles. The van der Waals surface area contributed by atoms with Crippen molar-refractivity contribution in [3.63, 3.8) is 0 Å². The summed E-state index contributed by atoms with van der Waals surface area (Å²) in [5.41, 5.74) is 0.508. The predicted octanol–water partition coefficient (Wildman–Crippen LogP) is 3.79. The van der Waals surface area contributed by atoms with Crippen LogP contribution in [0.4, 0.5) is 14.5 Å². The van der Waals surface area contributed by atoms with Crippen LogP contribution in [0, 0.1) is 25.5 Å². The second kappa shape index (κ2) is 8.66. The zero-order valence-corrected chi connectivity index (χ0v) is 15.0. The molecule has 0 unspecified atom stereocenters. The minimum Gasteiger partial charge on any atom is -0.456 e. The first-order valence-corrected chi connectivity index (χ1v) is 8.58. The van der Waals surface area contributed by atoms with Gasteiger partial charge in [0.25, 0.3) is 5.91 Å². The zero-order valence-electron chi connectivity index (χ0n) is 14.2. The Morgan fingerprint density at radius 3 is 2.27 bits per heavy atom. The Morgan fingerprint density at radius 2 is 1.69 bits per heavy atom. The fraction of sp³-hybridized carbons (Fsp3) is 0.278. The number of anilines is 1. The summed E-state index contributed by atoms with van der Waals surface area (Å²) < 4.78 is 30.8. The van der Waals surface area contributed by atoms with Crippen LogP contribution in [0.25, 0.3) is 0 Å². The van der Waals surface area contributed by atoms with Gasteiger partial charge in [-0.05, 0) is 32.0 Å². The van der Waals surface area contributed by atoms with E-state index in [1.165, 1.54) is 11.3 Å². The van der Waals surface area contributed by atoms with Gasteiger partial charge in [-0.2, -0.15) is 0 Å². The van der Waals surface area contributed by atoms with E-state index in [1.54, 1.807) is 6.07 Å². The Balaban J connectivity index is 1.76. The molecule has 2 aromatic rings. The van der Waals surface area contributed by atoms with Crippen LogP contribution in [0.15, 0.2) is 24.3 Å². The Hall–Kier alpha value is -2.61. The van der Waals surface area contributed by atoms with Crippen molar-refractivity contribution in [1.82, 2.24) is 0 Å². The number of hydrogen-bond acceptors (Lipinski definition) is 5. The van der Waals surface area contributed by atoms with Gasteiger partial charge in [-0.25, -0.2) is 8.78 Å². The highest BCUT2D eigenvalue weighted by molar-refractivity contribution is 7.12. The number of nitrogens with one attached hydrogen (secondary N) is 1.